The minimum Gasteiger partial charge on any atom is -0.309 e. The summed E-state index contributed by atoms with van der Waals surface area (Å²) in [5.74, 6) is 0. The molecule has 0 radical (unpaired) electrons. The van der Waals surface area contributed by atoms with Crippen molar-refractivity contribution in [3.63, 3.8) is 0 Å². The number of hydrogen-bond donors (Lipinski definition) is 1. The lowest BCUT2D eigenvalue weighted by atomic mass is 10.2. The molecule has 1 nitrogen and oxygen atoms in total. The Labute approximate surface area is 127 Å². The first-order valence-corrected chi connectivity index (χ1v) is 8.19. The van der Waals surface area contributed by atoms with E-state index in [9.17, 15) is 0 Å². The maximum absolute atomic E-state index is 3.53. The summed E-state index contributed by atoms with van der Waals surface area (Å²) in [4.78, 5) is 2.77. The van der Waals surface area contributed by atoms with E-state index < -0.39 is 0 Å². The Hall–Kier alpha value is -0.390. The Morgan fingerprint density at radius 2 is 1.89 bits per heavy atom. The average Bonchev–Trinajstić information content (AvgIpc) is 2.86. The number of hydrogen-bond acceptors (Lipinski definition) is 2. The summed E-state index contributed by atoms with van der Waals surface area (Å²) in [7, 11) is 0. The number of rotatable bonds is 5. The number of thiophene rings is 1. The van der Waals surface area contributed by atoms with Crippen molar-refractivity contribution in [1.29, 1.82) is 0 Å². The molecule has 1 aromatic carbocycles. The fourth-order valence-corrected chi connectivity index (χ4v) is 3.22. The summed E-state index contributed by atoms with van der Waals surface area (Å²) in [6.45, 7) is 5.52. The first-order chi connectivity index (χ1) is 8.70. The third kappa shape index (κ3) is 3.56. The molecule has 0 saturated heterocycles. The van der Waals surface area contributed by atoms with E-state index >= 15 is 0 Å². The van der Waals surface area contributed by atoms with Crippen molar-refractivity contribution < 1.29 is 0 Å². The van der Waals surface area contributed by atoms with Gasteiger partial charge in [0.1, 0.15) is 0 Å². The second kappa shape index (κ2) is 6.68. The SMILES string of the molecule is CCCNC(C)c1ccc(-c2ccc(I)cc2)s1. The normalized spacial score (nSPS) is 12.6. The summed E-state index contributed by atoms with van der Waals surface area (Å²) >= 11 is 4.23. The van der Waals surface area contributed by atoms with E-state index in [4.69, 9.17) is 0 Å². The number of halogens is 1. The van der Waals surface area contributed by atoms with Gasteiger partial charge in [0.15, 0.2) is 0 Å². The molecule has 0 bridgehead atoms. The van der Waals surface area contributed by atoms with Crippen molar-refractivity contribution in [2.45, 2.75) is 26.3 Å². The van der Waals surface area contributed by atoms with Gasteiger partial charge in [0.05, 0.1) is 0 Å². The molecule has 1 atom stereocenters. The van der Waals surface area contributed by atoms with Crippen LogP contribution in [0.1, 0.15) is 31.2 Å². The second-order valence-corrected chi connectivity index (χ2v) is 6.75. The Morgan fingerprint density at radius 3 is 2.56 bits per heavy atom. The fraction of sp³-hybridized carbons (Fsp3) is 0.333. The Kier molecular flexibility index (Phi) is 5.21. The van der Waals surface area contributed by atoms with Crippen molar-refractivity contribution >= 4 is 33.9 Å². The number of nitrogens with one attached hydrogen (secondary N) is 1. The second-order valence-electron chi connectivity index (χ2n) is 4.38. The third-order valence-corrected chi connectivity index (χ3v) is 4.92. The van der Waals surface area contributed by atoms with E-state index in [2.05, 4.69) is 78.2 Å². The highest BCUT2D eigenvalue weighted by molar-refractivity contribution is 14.1. The average molecular weight is 371 g/mol. The molecule has 0 spiro atoms. The highest BCUT2D eigenvalue weighted by Gasteiger charge is 2.08. The van der Waals surface area contributed by atoms with Gasteiger partial charge >= 0.3 is 0 Å². The van der Waals surface area contributed by atoms with Crippen LogP contribution in [0.5, 0.6) is 0 Å². The van der Waals surface area contributed by atoms with Gasteiger partial charge in [-0.3, -0.25) is 0 Å². The molecule has 2 rings (SSSR count). The summed E-state index contributed by atoms with van der Waals surface area (Å²) in [5.41, 5.74) is 1.31. The van der Waals surface area contributed by atoms with Gasteiger partial charge in [-0.05, 0) is 72.3 Å². The van der Waals surface area contributed by atoms with Crippen LogP contribution in [0.15, 0.2) is 36.4 Å². The molecule has 0 saturated carbocycles. The molecule has 0 fully saturated rings. The fourth-order valence-electron chi connectivity index (χ4n) is 1.82. The van der Waals surface area contributed by atoms with Crippen molar-refractivity contribution in [3.8, 4) is 10.4 Å². The summed E-state index contributed by atoms with van der Waals surface area (Å²) < 4.78 is 1.28. The van der Waals surface area contributed by atoms with Gasteiger partial charge in [0.2, 0.25) is 0 Å². The zero-order valence-electron chi connectivity index (χ0n) is 10.7. The van der Waals surface area contributed by atoms with Crippen molar-refractivity contribution in [3.05, 3.63) is 44.8 Å². The van der Waals surface area contributed by atoms with Crippen LogP contribution in [0.25, 0.3) is 10.4 Å². The lowest BCUT2D eigenvalue weighted by Crippen LogP contribution is -2.18. The summed E-state index contributed by atoms with van der Waals surface area (Å²) in [6.07, 6.45) is 1.18. The highest BCUT2D eigenvalue weighted by Crippen LogP contribution is 2.31. The lowest BCUT2D eigenvalue weighted by Gasteiger charge is -2.10. The minimum absolute atomic E-state index is 0.451. The zero-order valence-corrected chi connectivity index (χ0v) is 13.7. The van der Waals surface area contributed by atoms with Crippen LogP contribution in [-0.2, 0) is 0 Å². The highest BCUT2D eigenvalue weighted by atomic mass is 127. The van der Waals surface area contributed by atoms with E-state index in [1.807, 2.05) is 11.3 Å². The minimum atomic E-state index is 0.451. The Morgan fingerprint density at radius 1 is 1.17 bits per heavy atom. The molecule has 3 heteroatoms. The molecule has 0 aliphatic rings. The zero-order chi connectivity index (χ0) is 13.0. The van der Waals surface area contributed by atoms with Gasteiger partial charge in [0.25, 0.3) is 0 Å². The molecule has 1 heterocycles. The van der Waals surface area contributed by atoms with Gasteiger partial charge in [-0.2, -0.15) is 0 Å². The first-order valence-electron chi connectivity index (χ1n) is 6.29. The molecule has 2 aromatic rings. The van der Waals surface area contributed by atoms with Crippen LogP contribution in [0.3, 0.4) is 0 Å². The van der Waals surface area contributed by atoms with Gasteiger partial charge in [0, 0.05) is 19.4 Å². The lowest BCUT2D eigenvalue weighted by molar-refractivity contribution is 0.578. The Bertz CT molecular complexity index is 489. The molecular formula is C15H18INS. The van der Waals surface area contributed by atoms with E-state index in [1.54, 1.807) is 0 Å². The molecule has 18 heavy (non-hydrogen) atoms. The van der Waals surface area contributed by atoms with E-state index in [0.717, 1.165) is 6.54 Å². The molecule has 1 N–H and O–H groups in total. The van der Waals surface area contributed by atoms with Gasteiger partial charge in [-0.25, -0.2) is 0 Å². The number of benzene rings is 1. The van der Waals surface area contributed by atoms with Crippen molar-refractivity contribution in [2.24, 2.45) is 0 Å². The van der Waals surface area contributed by atoms with E-state index in [0.29, 0.717) is 6.04 Å². The van der Waals surface area contributed by atoms with Crippen molar-refractivity contribution in [2.75, 3.05) is 6.54 Å². The van der Waals surface area contributed by atoms with Gasteiger partial charge in [-0.15, -0.1) is 11.3 Å². The molecule has 0 amide bonds. The van der Waals surface area contributed by atoms with Crippen LogP contribution in [0.4, 0.5) is 0 Å². The van der Waals surface area contributed by atoms with E-state index in [-0.39, 0.29) is 0 Å². The van der Waals surface area contributed by atoms with Crippen LogP contribution >= 0.6 is 33.9 Å². The molecule has 0 aliphatic carbocycles. The van der Waals surface area contributed by atoms with Crippen LogP contribution in [0, 0.1) is 3.57 Å². The van der Waals surface area contributed by atoms with Crippen LogP contribution in [0.2, 0.25) is 0 Å². The molecule has 1 unspecified atom stereocenters. The van der Waals surface area contributed by atoms with Crippen LogP contribution < -0.4 is 5.32 Å². The predicted octanol–water partition coefficient (Wildman–Crippen LogP) is 5.08. The first kappa shape index (κ1) is 14.0. The van der Waals surface area contributed by atoms with Gasteiger partial charge < -0.3 is 5.32 Å². The maximum Gasteiger partial charge on any atom is 0.0386 e. The molecule has 96 valence electrons. The topological polar surface area (TPSA) is 12.0 Å². The smallest absolute Gasteiger partial charge is 0.0386 e. The summed E-state index contributed by atoms with van der Waals surface area (Å²) in [5, 5.41) is 3.53. The molecule has 1 aromatic heterocycles. The molecule has 0 aliphatic heterocycles. The molecular weight excluding hydrogens is 353 g/mol. The standard InChI is InChI=1S/C15H18INS/c1-3-10-17-11(2)14-8-9-15(18-14)12-4-6-13(16)7-5-12/h4-9,11,17H,3,10H2,1-2H3. The van der Waals surface area contributed by atoms with Gasteiger partial charge in [-0.1, -0.05) is 19.1 Å². The van der Waals surface area contributed by atoms with E-state index in [1.165, 1.54) is 25.3 Å². The predicted molar refractivity (Wildman–Crippen MR) is 89.2 cm³/mol. The quantitative estimate of drug-likeness (QED) is 0.723. The summed E-state index contributed by atoms with van der Waals surface area (Å²) in [6, 6.07) is 13.6. The largest absolute Gasteiger partial charge is 0.309 e. The van der Waals surface area contributed by atoms with Crippen molar-refractivity contribution in [1.82, 2.24) is 5.32 Å². The Balaban J connectivity index is 2.12. The van der Waals surface area contributed by atoms with Crippen LogP contribution in [-0.4, -0.2) is 6.54 Å². The maximum atomic E-state index is 3.53. The third-order valence-electron chi connectivity index (χ3n) is 2.88. The monoisotopic (exact) mass is 371 g/mol.